The third kappa shape index (κ3) is 5.30. The lowest BCUT2D eigenvalue weighted by Gasteiger charge is -2.21. The van der Waals surface area contributed by atoms with Gasteiger partial charge in [0.15, 0.2) is 11.4 Å². The van der Waals surface area contributed by atoms with Crippen LogP contribution in [-0.4, -0.2) is 16.1 Å². The summed E-state index contributed by atoms with van der Waals surface area (Å²) in [7, 11) is 0. The van der Waals surface area contributed by atoms with Gasteiger partial charge in [-0.2, -0.15) is 0 Å². The highest BCUT2D eigenvalue weighted by Crippen LogP contribution is 2.45. The van der Waals surface area contributed by atoms with Crippen molar-refractivity contribution < 1.29 is 4.42 Å². The van der Waals surface area contributed by atoms with Gasteiger partial charge in [0.25, 0.3) is 0 Å². The molecule has 0 N–H and O–H groups in total. The Bertz CT molecular complexity index is 3600. The predicted molar refractivity (Wildman–Crippen MR) is 248 cm³/mol. The summed E-state index contributed by atoms with van der Waals surface area (Å²) in [6, 6.07) is 64.9. The van der Waals surface area contributed by atoms with Crippen LogP contribution in [0.1, 0.15) is 30.0 Å². The normalized spacial score (nSPS) is 15.8. The molecule has 0 aliphatic carbocycles. The van der Waals surface area contributed by atoms with Gasteiger partial charge < -0.3 is 8.98 Å². The van der Waals surface area contributed by atoms with Gasteiger partial charge in [-0.1, -0.05) is 165 Å². The monoisotopic (exact) mass is 755 g/mol. The van der Waals surface area contributed by atoms with Crippen LogP contribution < -0.4 is 0 Å². The molecule has 1 aliphatic heterocycles. The Morgan fingerprint density at radius 3 is 1.97 bits per heavy atom. The van der Waals surface area contributed by atoms with Gasteiger partial charge >= 0.3 is 0 Å². The Kier molecular flexibility index (Phi) is 7.54. The SMILES string of the molecule is CC1C/C=C(\c2ccccc2)N=C(c2c3ccccc3c(-n3c4ccccc4c4cc5ccccc5cc43)c3oc4ccccc4c23)N=C1c1ccc2ccccc2c1. The maximum Gasteiger partial charge on any atom is 0.161 e. The first-order chi connectivity index (χ1) is 29.2. The first kappa shape index (κ1) is 33.6. The summed E-state index contributed by atoms with van der Waals surface area (Å²) in [6.07, 6.45) is 3.10. The Hall–Kier alpha value is -7.56. The number of rotatable bonds is 4. The fourth-order valence-electron chi connectivity index (χ4n) is 9.39. The number of benzene rings is 9. The molecule has 0 fully saturated rings. The van der Waals surface area contributed by atoms with Crippen LogP contribution in [0.15, 0.2) is 202 Å². The third-order valence-electron chi connectivity index (χ3n) is 12.2. The van der Waals surface area contributed by atoms with Crippen LogP contribution in [0.3, 0.4) is 0 Å². The summed E-state index contributed by atoms with van der Waals surface area (Å²) in [5.74, 6) is 0.789. The number of furan rings is 1. The van der Waals surface area contributed by atoms with Crippen molar-refractivity contribution in [1.29, 1.82) is 0 Å². The molecule has 11 aromatic rings. The molecule has 3 heterocycles. The quantitative estimate of drug-likeness (QED) is 0.176. The Labute approximate surface area is 340 Å². The minimum absolute atomic E-state index is 0.120. The minimum Gasteiger partial charge on any atom is -0.454 e. The molecule has 0 saturated heterocycles. The smallest absolute Gasteiger partial charge is 0.161 e. The highest BCUT2D eigenvalue weighted by molar-refractivity contribution is 6.31. The first-order valence-electron chi connectivity index (χ1n) is 20.4. The lowest BCUT2D eigenvalue weighted by molar-refractivity contribution is 0.667. The van der Waals surface area contributed by atoms with Crippen LogP contribution >= 0.6 is 0 Å². The predicted octanol–water partition coefficient (Wildman–Crippen LogP) is 14.5. The van der Waals surface area contributed by atoms with E-state index in [2.05, 4.69) is 200 Å². The van der Waals surface area contributed by atoms with Gasteiger partial charge in [-0.25, -0.2) is 9.98 Å². The lowest BCUT2D eigenvalue weighted by atomic mass is 9.91. The van der Waals surface area contributed by atoms with Crippen LogP contribution in [0.4, 0.5) is 0 Å². The maximum absolute atomic E-state index is 7.14. The van der Waals surface area contributed by atoms with Crippen molar-refractivity contribution in [3.8, 4) is 5.69 Å². The Balaban J connectivity index is 1.23. The van der Waals surface area contributed by atoms with Crippen molar-refractivity contribution in [2.75, 3.05) is 0 Å². The second-order valence-electron chi connectivity index (χ2n) is 15.7. The molecule has 0 bridgehead atoms. The van der Waals surface area contributed by atoms with Crippen LogP contribution in [0, 0.1) is 5.92 Å². The van der Waals surface area contributed by atoms with Crippen molar-refractivity contribution in [1.82, 2.24) is 4.57 Å². The standard InChI is InChI=1S/C55H37N3O/c1-34-27-30-46(36-16-3-2-4-17-36)56-55(57-52(34)40-29-28-35-15-5-6-18-37(35)31-40)51-42-22-9-10-23-43(42)53(54-50(51)44-24-12-14-26-49(44)59-54)58-47-25-13-11-21-41(47)45-32-38-19-7-8-20-39(38)33-48(45)58/h2-26,28-34H,27H2,1H3/b46-30+,56-55?,57-52?. The minimum atomic E-state index is 0.120. The number of amidine groups is 1. The van der Waals surface area contributed by atoms with Gasteiger partial charge in [0, 0.05) is 38.4 Å². The van der Waals surface area contributed by atoms with Gasteiger partial charge in [0.1, 0.15) is 5.58 Å². The topological polar surface area (TPSA) is 42.8 Å². The van der Waals surface area contributed by atoms with Crippen molar-refractivity contribution in [3.63, 3.8) is 0 Å². The van der Waals surface area contributed by atoms with E-state index in [9.17, 15) is 0 Å². The summed E-state index contributed by atoms with van der Waals surface area (Å²) in [5, 5.41) is 11.4. The van der Waals surface area contributed by atoms with E-state index in [1.54, 1.807) is 0 Å². The molecule has 0 spiro atoms. The number of fused-ring (bicyclic) bond motifs is 9. The summed E-state index contributed by atoms with van der Waals surface area (Å²) in [5.41, 5.74) is 9.95. The third-order valence-corrected chi connectivity index (χ3v) is 12.2. The van der Waals surface area contributed by atoms with E-state index in [1.165, 1.54) is 32.3 Å². The van der Waals surface area contributed by atoms with E-state index < -0.39 is 0 Å². The fourth-order valence-corrected chi connectivity index (χ4v) is 9.39. The van der Waals surface area contributed by atoms with Gasteiger partial charge in [0.2, 0.25) is 0 Å². The second-order valence-corrected chi connectivity index (χ2v) is 15.7. The largest absolute Gasteiger partial charge is 0.454 e. The van der Waals surface area contributed by atoms with Crippen LogP contribution in [0.25, 0.3) is 87.4 Å². The Morgan fingerprint density at radius 1 is 0.508 bits per heavy atom. The molecule has 59 heavy (non-hydrogen) atoms. The fraction of sp³-hybridized carbons (Fsp3) is 0.0545. The molecule has 4 nitrogen and oxygen atoms in total. The van der Waals surface area contributed by atoms with E-state index in [1.807, 2.05) is 0 Å². The molecule has 278 valence electrons. The number of hydrogen-bond acceptors (Lipinski definition) is 3. The average Bonchev–Trinajstić information content (AvgIpc) is 3.82. The second kappa shape index (κ2) is 13.3. The highest BCUT2D eigenvalue weighted by Gasteiger charge is 2.28. The number of nitrogens with zero attached hydrogens (tertiary/aromatic N) is 3. The number of hydrogen-bond donors (Lipinski definition) is 0. The Morgan fingerprint density at radius 2 is 1.15 bits per heavy atom. The molecular weight excluding hydrogens is 719 g/mol. The maximum atomic E-state index is 7.14. The van der Waals surface area contributed by atoms with Crippen LogP contribution in [0.5, 0.6) is 0 Å². The molecule has 1 unspecified atom stereocenters. The number of allylic oxidation sites excluding steroid dienone is 1. The molecule has 4 heteroatoms. The van der Waals surface area contributed by atoms with Crippen molar-refractivity contribution in [3.05, 3.63) is 205 Å². The zero-order valence-corrected chi connectivity index (χ0v) is 32.4. The van der Waals surface area contributed by atoms with E-state index in [0.29, 0.717) is 5.84 Å². The van der Waals surface area contributed by atoms with Gasteiger partial charge in [0.05, 0.1) is 28.1 Å². The van der Waals surface area contributed by atoms with Crippen LogP contribution in [0.2, 0.25) is 0 Å². The summed E-state index contributed by atoms with van der Waals surface area (Å²) < 4.78 is 9.57. The summed E-state index contributed by atoms with van der Waals surface area (Å²) >= 11 is 0. The highest BCUT2D eigenvalue weighted by atomic mass is 16.3. The molecule has 2 aromatic heterocycles. The molecular formula is C55H37N3O. The molecule has 0 amide bonds. The summed E-state index contributed by atoms with van der Waals surface area (Å²) in [4.78, 5) is 11.3. The number of para-hydroxylation sites is 2. The molecule has 0 radical (unpaired) electrons. The molecule has 1 aliphatic rings. The van der Waals surface area contributed by atoms with Gasteiger partial charge in [-0.15, -0.1) is 0 Å². The zero-order valence-electron chi connectivity index (χ0n) is 32.4. The van der Waals surface area contributed by atoms with E-state index in [4.69, 9.17) is 14.4 Å². The van der Waals surface area contributed by atoms with Crippen molar-refractivity contribution in [2.24, 2.45) is 15.9 Å². The molecule has 0 saturated carbocycles. The average molecular weight is 756 g/mol. The molecule has 12 rings (SSSR count). The van der Waals surface area contributed by atoms with Crippen molar-refractivity contribution >= 4 is 93.3 Å². The first-order valence-corrected chi connectivity index (χ1v) is 20.4. The lowest BCUT2D eigenvalue weighted by Crippen LogP contribution is -2.17. The number of aliphatic imine (C=N–C) groups is 2. The number of aromatic nitrogens is 1. The zero-order chi connectivity index (χ0) is 39.0. The molecule has 9 aromatic carbocycles. The van der Waals surface area contributed by atoms with Gasteiger partial charge in [-0.3, -0.25) is 0 Å². The van der Waals surface area contributed by atoms with E-state index >= 15 is 0 Å². The van der Waals surface area contributed by atoms with Crippen molar-refractivity contribution in [2.45, 2.75) is 13.3 Å². The van der Waals surface area contributed by atoms with Gasteiger partial charge in [-0.05, 0) is 74.8 Å². The van der Waals surface area contributed by atoms with Crippen LogP contribution in [-0.2, 0) is 0 Å². The molecule has 1 atom stereocenters. The summed E-state index contributed by atoms with van der Waals surface area (Å²) in [6.45, 7) is 2.28. The van der Waals surface area contributed by atoms with E-state index in [0.717, 1.165) is 84.0 Å². The van der Waals surface area contributed by atoms with E-state index in [-0.39, 0.29) is 5.92 Å².